The summed E-state index contributed by atoms with van der Waals surface area (Å²) in [6.45, 7) is 0.269. The smallest absolute Gasteiger partial charge is 0.343 e. The maximum atomic E-state index is 13.3. The first-order chi connectivity index (χ1) is 25.2. The Hall–Kier alpha value is -4.74. The average molecular weight is 772 g/mol. The molecule has 1 aliphatic carbocycles. The highest BCUT2D eigenvalue weighted by atomic mass is 32.2. The highest BCUT2D eigenvalue weighted by Gasteiger charge is 2.37. The molecule has 5 rings (SSSR count). The maximum absolute atomic E-state index is 13.3. The molecule has 2 heterocycles. The van der Waals surface area contributed by atoms with Crippen LogP contribution in [0, 0.1) is 5.92 Å². The van der Waals surface area contributed by atoms with Gasteiger partial charge in [-0.1, -0.05) is 37.1 Å². The summed E-state index contributed by atoms with van der Waals surface area (Å²) in [5, 5.41) is 13.7. The maximum Gasteiger partial charge on any atom is 0.343 e. The molecule has 53 heavy (non-hydrogen) atoms. The van der Waals surface area contributed by atoms with Crippen LogP contribution in [-0.2, 0) is 36.2 Å². The van der Waals surface area contributed by atoms with Crippen molar-refractivity contribution < 1.29 is 40.5 Å². The van der Waals surface area contributed by atoms with Crippen molar-refractivity contribution in [2.75, 3.05) is 30.6 Å². The normalized spacial score (nSPS) is 13.8. The molecule has 0 bridgehead atoms. The van der Waals surface area contributed by atoms with E-state index in [0.717, 1.165) is 25.7 Å². The molecule has 1 aliphatic rings. The van der Waals surface area contributed by atoms with Crippen LogP contribution in [0.4, 0.5) is 5.69 Å². The van der Waals surface area contributed by atoms with E-state index in [1.807, 2.05) is 0 Å². The highest BCUT2D eigenvalue weighted by Crippen LogP contribution is 2.48. The number of benzene rings is 2. The van der Waals surface area contributed by atoms with E-state index in [2.05, 4.69) is 20.0 Å². The second-order valence-corrected chi connectivity index (χ2v) is 16.5. The minimum Gasteiger partial charge on any atom is -0.507 e. The molecule has 286 valence electrons. The summed E-state index contributed by atoms with van der Waals surface area (Å²) in [6, 6.07) is 15.1. The van der Waals surface area contributed by atoms with E-state index >= 15 is 0 Å². The number of unbranched alkanes of at least 4 members (excludes halogenated alkanes) is 3. The molecule has 2 aromatic heterocycles. The number of para-hydroxylation sites is 2. The first kappa shape index (κ1) is 39.5. The van der Waals surface area contributed by atoms with E-state index in [4.69, 9.17) is 8.97 Å². The van der Waals surface area contributed by atoms with Gasteiger partial charge < -0.3 is 24.7 Å². The van der Waals surface area contributed by atoms with Gasteiger partial charge in [-0.2, -0.15) is 16.8 Å². The van der Waals surface area contributed by atoms with Gasteiger partial charge in [0.2, 0.25) is 17.0 Å². The van der Waals surface area contributed by atoms with Crippen molar-refractivity contribution in [1.82, 2.24) is 20.2 Å². The topological polar surface area (TPSA) is 229 Å². The number of anilines is 1. The second kappa shape index (κ2) is 17.4. The van der Waals surface area contributed by atoms with Crippen molar-refractivity contribution in [3.63, 3.8) is 0 Å². The molecule has 1 fully saturated rings. The zero-order chi connectivity index (χ0) is 38.2. The van der Waals surface area contributed by atoms with Crippen molar-refractivity contribution in [2.24, 2.45) is 5.92 Å². The number of aryl methyl sites for hydroxylation is 1. The molecule has 1 saturated carbocycles. The Morgan fingerprint density at radius 1 is 1.00 bits per heavy atom. The second-order valence-electron chi connectivity index (χ2n) is 13.4. The van der Waals surface area contributed by atoms with Crippen LogP contribution >= 0.6 is 0 Å². The molecular weight excluding hydrogens is 727 g/mol. The van der Waals surface area contributed by atoms with Gasteiger partial charge in [0.05, 0.1) is 22.3 Å². The van der Waals surface area contributed by atoms with Crippen LogP contribution < -0.4 is 15.7 Å². The first-order valence-electron chi connectivity index (χ1n) is 17.6. The quantitative estimate of drug-likeness (QED) is 0.0628. The lowest BCUT2D eigenvalue weighted by Gasteiger charge is -2.19. The third-order valence-electron chi connectivity index (χ3n) is 9.12. The van der Waals surface area contributed by atoms with Crippen LogP contribution in [0.5, 0.6) is 5.75 Å². The Morgan fingerprint density at radius 3 is 2.43 bits per heavy atom. The molecular formula is C36H45N5O10S2. The van der Waals surface area contributed by atoms with Crippen molar-refractivity contribution >= 4 is 48.7 Å². The SMILES string of the molecule is CN(CCS(=O)(=O)O)C(=O)CCCCCCC(=O)NCCCc1cc(O)c(C(c2cccc(NS(=O)(=O)c3nc4ccccc4[nH]3)c2)C2CC2)c(=O)o1. The van der Waals surface area contributed by atoms with Crippen LogP contribution in [-0.4, -0.2) is 79.1 Å². The van der Waals surface area contributed by atoms with Gasteiger partial charge in [-0.15, -0.1) is 0 Å². The highest BCUT2D eigenvalue weighted by molar-refractivity contribution is 7.92. The Bertz CT molecular complexity index is 2160. The number of rotatable bonds is 20. The number of carbonyl (C=O) groups is 2. The van der Waals surface area contributed by atoms with Gasteiger partial charge in [-0.05, 0) is 67.9 Å². The van der Waals surface area contributed by atoms with Crippen molar-refractivity contribution in [2.45, 2.75) is 75.3 Å². The number of nitrogens with one attached hydrogen (secondary N) is 3. The summed E-state index contributed by atoms with van der Waals surface area (Å²) in [4.78, 5) is 45.9. The Morgan fingerprint density at radius 2 is 1.74 bits per heavy atom. The summed E-state index contributed by atoms with van der Waals surface area (Å²) < 4.78 is 65.0. The van der Waals surface area contributed by atoms with Crippen LogP contribution in [0.25, 0.3) is 11.0 Å². The molecule has 2 amide bonds. The molecule has 17 heteroatoms. The number of hydrogen-bond donors (Lipinski definition) is 5. The lowest BCUT2D eigenvalue weighted by atomic mass is 9.87. The Labute approximate surface area is 308 Å². The summed E-state index contributed by atoms with van der Waals surface area (Å²) >= 11 is 0. The summed E-state index contributed by atoms with van der Waals surface area (Å²) in [5.74, 6) is -1.19. The third-order valence-corrected chi connectivity index (χ3v) is 11.0. The largest absolute Gasteiger partial charge is 0.507 e. The third kappa shape index (κ3) is 11.4. The van der Waals surface area contributed by atoms with Crippen LogP contribution in [0.3, 0.4) is 0 Å². The number of hydrogen-bond acceptors (Lipinski definition) is 10. The van der Waals surface area contributed by atoms with E-state index in [0.29, 0.717) is 55.2 Å². The summed E-state index contributed by atoms with van der Waals surface area (Å²) in [7, 11) is -6.69. The van der Waals surface area contributed by atoms with Gasteiger partial charge in [0, 0.05) is 57.1 Å². The monoisotopic (exact) mass is 771 g/mol. The first-order valence-corrected chi connectivity index (χ1v) is 20.7. The standard InChI is InChI=1S/C36H45N5O10S2/c1-41(20-21-52(46,47)48)32(44)16-5-3-2-4-15-31(43)37-19-9-12-27-23-30(42)34(35(45)51-27)33(24-17-18-24)25-10-8-11-26(22-25)40-53(49,50)36-38-28-13-6-7-14-29(28)39-36/h6-8,10-11,13-14,22-24,33,40,42H,2-5,9,12,15-21H2,1H3,(H,37,43)(H,38,39)(H,46,47,48). The van der Waals surface area contributed by atoms with Crippen LogP contribution in [0.15, 0.2) is 69.0 Å². The zero-order valence-corrected chi connectivity index (χ0v) is 31.0. The van der Waals surface area contributed by atoms with Gasteiger partial charge in [-0.25, -0.2) is 9.78 Å². The molecule has 2 aromatic carbocycles. The Kier molecular flexibility index (Phi) is 13.0. The van der Waals surface area contributed by atoms with Crippen molar-refractivity contribution in [1.29, 1.82) is 0 Å². The lowest BCUT2D eigenvalue weighted by Crippen LogP contribution is -2.31. The number of nitrogens with zero attached hydrogens (tertiary/aromatic N) is 2. The summed E-state index contributed by atoms with van der Waals surface area (Å²) in [5.41, 5.74) is 1.50. The fourth-order valence-corrected chi connectivity index (χ4v) is 7.67. The lowest BCUT2D eigenvalue weighted by molar-refractivity contribution is -0.129. The van der Waals surface area contributed by atoms with E-state index in [9.17, 15) is 36.3 Å². The molecule has 0 aliphatic heterocycles. The fraction of sp³-hybridized carbons (Fsp3) is 0.444. The molecule has 1 unspecified atom stereocenters. The average Bonchev–Trinajstić information content (AvgIpc) is 3.84. The number of imidazole rings is 1. The van der Waals surface area contributed by atoms with Crippen molar-refractivity contribution in [3.8, 4) is 5.75 Å². The molecule has 1 atom stereocenters. The van der Waals surface area contributed by atoms with Crippen LogP contribution in [0.2, 0.25) is 0 Å². The number of sulfonamides is 1. The number of H-pyrrole nitrogens is 1. The van der Waals surface area contributed by atoms with Gasteiger partial charge in [-0.3, -0.25) is 18.9 Å². The number of fused-ring (bicyclic) bond motifs is 1. The predicted octanol–water partition coefficient (Wildman–Crippen LogP) is 4.30. The van der Waals surface area contributed by atoms with E-state index in [1.54, 1.807) is 48.5 Å². The molecule has 15 nitrogen and oxygen atoms in total. The number of carbonyl (C=O) groups excluding carboxylic acids is 2. The van der Waals surface area contributed by atoms with Gasteiger partial charge in [0.25, 0.3) is 20.1 Å². The van der Waals surface area contributed by atoms with Crippen molar-refractivity contribution in [3.05, 3.63) is 81.9 Å². The number of amides is 2. The Balaban J connectivity index is 1.08. The van der Waals surface area contributed by atoms with Crippen LogP contribution in [0.1, 0.15) is 80.6 Å². The van der Waals surface area contributed by atoms with Gasteiger partial charge in [0.1, 0.15) is 11.5 Å². The molecule has 0 spiro atoms. The van der Waals surface area contributed by atoms with Gasteiger partial charge >= 0.3 is 5.63 Å². The van der Waals surface area contributed by atoms with E-state index in [-0.39, 0.29) is 58.6 Å². The minimum absolute atomic E-state index is 0.0711. The molecule has 0 radical (unpaired) electrons. The van der Waals surface area contributed by atoms with E-state index < -0.39 is 37.4 Å². The number of aromatic nitrogens is 2. The van der Waals surface area contributed by atoms with E-state index in [1.165, 1.54) is 18.0 Å². The number of aromatic hydroxyl groups is 1. The molecule has 5 N–H and O–H groups in total. The molecule has 0 saturated heterocycles. The van der Waals surface area contributed by atoms with Gasteiger partial charge in [0.15, 0.2) is 0 Å². The minimum atomic E-state index is -4.12. The number of aromatic amines is 1. The fourth-order valence-electron chi connectivity index (χ4n) is 6.17. The zero-order valence-electron chi connectivity index (χ0n) is 29.4. The summed E-state index contributed by atoms with van der Waals surface area (Å²) in [6.07, 6.45) is 5.74. The molecule has 4 aromatic rings. The predicted molar refractivity (Wildman–Crippen MR) is 198 cm³/mol.